The average Bonchev–Trinajstić information content (AvgIpc) is 2.41. The van der Waals surface area contributed by atoms with Crippen molar-refractivity contribution in [2.45, 2.75) is 39.2 Å². The van der Waals surface area contributed by atoms with Gasteiger partial charge in [-0.3, -0.25) is 0 Å². The molecule has 0 radical (unpaired) electrons. The van der Waals surface area contributed by atoms with E-state index in [0.717, 1.165) is 18.4 Å². The van der Waals surface area contributed by atoms with Gasteiger partial charge in [0.1, 0.15) is 5.60 Å². The Balaban J connectivity index is 2.57. The van der Waals surface area contributed by atoms with Crippen LogP contribution in [0.2, 0.25) is 0 Å². The van der Waals surface area contributed by atoms with Crippen molar-refractivity contribution in [3.8, 4) is 0 Å². The van der Waals surface area contributed by atoms with E-state index in [0.29, 0.717) is 0 Å². The maximum absolute atomic E-state index is 10.6. The van der Waals surface area contributed by atoms with E-state index < -0.39 is 5.60 Å². The third-order valence-electron chi connectivity index (χ3n) is 3.40. The fourth-order valence-electron chi connectivity index (χ4n) is 2.61. The number of rotatable bonds is 2. The Kier molecular flexibility index (Phi) is 2.43. The highest BCUT2D eigenvalue weighted by Crippen LogP contribution is 2.45. The molecule has 0 bridgehead atoms. The van der Waals surface area contributed by atoms with Crippen LogP contribution >= 0.6 is 0 Å². The van der Waals surface area contributed by atoms with Gasteiger partial charge in [-0.05, 0) is 42.5 Å². The molecule has 1 unspecified atom stereocenters. The number of allylic oxidation sites excluding steroid dienone is 1. The summed E-state index contributed by atoms with van der Waals surface area (Å²) in [5, 5.41) is 10.6. The Morgan fingerprint density at radius 1 is 1.27 bits per heavy atom. The van der Waals surface area contributed by atoms with E-state index in [1.807, 2.05) is 25.1 Å². The Morgan fingerprint density at radius 2 is 1.93 bits per heavy atom. The van der Waals surface area contributed by atoms with Gasteiger partial charge < -0.3 is 5.11 Å². The zero-order valence-corrected chi connectivity index (χ0v) is 9.67. The van der Waals surface area contributed by atoms with Crippen LogP contribution in [0.1, 0.15) is 44.7 Å². The third kappa shape index (κ3) is 1.42. The highest BCUT2D eigenvalue weighted by molar-refractivity contribution is 5.77. The van der Waals surface area contributed by atoms with Crippen LogP contribution in [0, 0.1) is 0 Å². The van der Waals surface area contributed by atoms with Gasteiger partial charge in [-0.15, -0.1) is 0 Å². The van der Waals surface area contributed by atoms with E-state index >= 15 is 0 Å². The van der Waals surface area contributed by atoms with Crippen LogP contribution in [-0.4, -0.2) is 5.11 Å². The predicted octanol–water partition coefficient (Wildman–Crippen LogP) is 3.48. The van der Waals surface area contributed by atoms with E-state index in [2.05, 4.69) is 19.9 Å². The van der Waals surface area contributed by atoms with Crippen molar-refractivity contribution in [2.75, 3.05) is 0 Å². The van der Waals surface area contributed by atoms with Gasteiger partial charge in [0.05, 0.1) is 0 Å². The molecule has 0 fully saturated rings. The molecule has 1 heteroatoms. The summed E-state index contributed by atoms with van der Waals surface area (Å²) in [6.45, 7) is 6.18. The van der Waals surface area contributed by atoms with Crippen molar-refractivity contribution in [1.82, 2.24) is 0 Å². The first-order valence-corrected chi connectivity index (χ1v) is 5.61. The summed E-state index contributed by atoms with van der Waals surface area (Å²) in [6.07, 6.45) is 2.06. The van der Waals surface area contributed by atoms with Gasteiger partial charge in [0.15, 0.2) is 0 Å². The van der Waals surface area contributed by atoms with E-state index in [9.17, 15) is 5.11 Å². The second-order valence-corrected chi connectivity index (χ2v) is 4.47. The van der Waals surface area contributed by atoms with E-state index in [1.165, 1.54) is 16.7 Å². The van der Waals surface area contributed by atoms with Crippen molar-refractivity contribution in [3.63, 3.8) is 0 Å². The van der Waals surface area contributed by atoms with Gasteiger partial charge in [-0.25, -0.2) is 0 Å². The molecule has 0 saturated heterocycles. The molecule has 0 saturated carbocycles. The molecule has 1 aliphatic carbocycles. The zero-order valence-electron chi connectivity index (χ0n) is 9.67. The van der Waals surface area contributed by atoms with Gasteiger partial charge in [-0.2, -0.15) is 0 Å². The van der Waals surface area contributed by atoms with Crippen LogP contribution in [0.4, 0.5) is 0 Å². The molecule has 0 amide bonds. The van der Waals surface area contributed by atoms with E-state index in [1.54, 1.807) is 0 Å². The second kappa shape index (κ2) is 3.49. The number of hydrogen-bond acceptors (Lipinski definition) is 1. The van der Waals surface area contributed by atoms with Gasteiger partial charge in [-0.1, -0.05) is 37.6 Å². The van der Waals surface area contributed by atoms with Crippen LogP contribution < -0.4 is 0 Å². The molecule has 1 nitrogen and oxygen atoms in total. The standard InChI is InChI=1S/C14H18O/c1-4-7-12-10(2)11-8-5-6-9-13(11)14(12,3)15/h5-6,8-9,15H,4,7H2,1-3H3. The number of aliphatic hydroxyl groups is 1. The van der Waals surface area contributed by atoms with Crippen LogP contribution in [-0.2, 0) is 5.60 Å². The lowest BCUT2D eigenvalue weighted by atomic mass is 9.90. The van der Waals surface area contributed by atoms with Crippen molar-refractivity contribution in [1.29, 1.82) is 0 Å². The van der Waals surface area contributed by atoms with Crippen molar-refractivity contribution >= 4 is 5.57 Å². The van der Waals surface area contributed by atoms with Gasteiger partial charge in [0, 0.05) is 0 Å². The molecule has 1 N–H and O–H groups in total. The highest BCUT2D eigenvalue weighted by Gasteiger charge is 2.36. The molecule has 1 aromatic carbocycles. The first-order chi connectivity index (χ1) is 7.09. The second-order valence-electron chi connectivity index (χ2n) is 4.47. The lowest BCUT2D eigenvalue weighted by Gasteiger charge is -2.23. The molecular formula is C14H18O. The molecule has 2 rings (SSSR count). The smallest absolute Gasteiger partial charge is 0.109 e. The molecule has 0 heterocycles. The molecule has 0 spiro atoms. The van der Waals surface area contributed by atoms with Crippen molar-refractivity contribution < 1.29 is 5.11 Å². The van der Waals surface area contributed by atoms with E-state index in [-0.39, 0.29) is 0 Å². The number of fused-ring (bicyclic) bond motifs is 1. The molecule has 1 aromatic rings. The average molecular weight is 202 g/mol. The van der Waals surface area contributed by atoms with Crippen molar-refractivity contribution in [2.24, 2.45) is 0 Å². The summed E-state index contributed by atoms with van der Waals surface area (Å²) in [5.74, 6) is 0. The maximum Gasteiger partial charge on any atom is 0.109 e. The first kappa shape index (κ1) is 10.4. The topological polar surface area (TPSA) is 20.2 Å². The number of benzene rings is 1. The largest absolute Gasteiger partial charge is 0.381 e. The maximum atomic E-state index is 10.6. The molecular weight excluding hydrogens is 184 g/mol. The summed E-state index contributed by atoms with van der Waals surface area (Å²) >= 11 is 0. The summed E-state index contributed by atoms with van der Waals surface area (Å²) in [7, 11) is 0. The molecule has 0 aliphatic heterocycles. The Hall–Kier alpha value is -1.08. The fraction of sp³-hybridized carbons (Fsp3) is 0.429. The van der Waals surface area contributed by atoms with Crippen LogP contribution in [0.15, 0.2) is 29.8 Å². The van der Waals surface area contributed by atoms with Gasteiger partial charge >= 0.3 is 0 Å². The molecule has 1 aliphatic rings. The summed E-state index contributed by atoms with van der Waals surface area (Å²) in [6, 6.07) is 8.16. The lowest BCUT2D eigenvalue weighted by molar-refractivity contribution is 0.0975. The molecule has 1 atom stereocenters. The minimum atomic E-state index is -0.753. The summed E-state index contributed by atoms with van der Waals surface area (Å²) in [5.41, 5.74) is 3.97. The van der Waals surface area contributed by atoms with Crippen LogP contribution in [0.5, 0.6) is 0 Å². The highest BCUT2D eigenvalue weighted by atomic mass is 16.3. The summed E-state index contributed by atoms with van der Waals surface area (Å²) < 4.78 is 0. The first-order valence-electron chi connectivity index (χ1n) is 5.61. The fourth-order valence-corrected chi connectivity index (χ4v) is 2.61. The van der Waals surface area contributed by atoms with Gasteiger partial charge in [0.2, 0.25) is 0 Å². The third-order valence-corrected chi connectivity index (χ3v) is 3.40. The monoisotopic (exact) mass is 202 g/mol. The van der Waals surface area contributed by atoms with E-state index in [4.69, 9.17) is 0 Å². The predicted molar refractivity (Wildman–Crippen MR) is 63.5 cm³/mol. The molecule has 15 heavy (non-hydrogen) atoms. The Bertz CT molecular complexity index is 413. The van der Waals surface area contributed by atoms with Crippen LogP contribution in [0.25, 0.3) is 5.57 Å². The Morgan fingerprint density at radius 3 is 2.53 bits per heavy atom. The van der Waals surface area contributed by atoms with Crippen molar-refractivity contribution in [3.05, 3.63) is 41.0 Å². The quantitative estimate of drug-likeness (QED) is 0.778. The zero-order chi connectivity index (χ0) is 11.1. The number of hydrogen-bond donors (Lipinski definition) is 1. The Labute approximate surface area is 91.4 Å². The lowest BCUT2D eigenvalue weighted by Crippen LogP contribution is -2.21. The summed E-state index contributed by atoms with van der Waals surface area (Å²) in [4.78, 5) is 0. The SMILES string of the molecule is CCCC1=C(C)c2ccccc2C1(C)O. The molecule has 80 valence electrons. The normalized spacial score (nSPS) is 24.5. The van der Waals surface area contributed by atoms with Gasteiger partial charge in [0.25, 0.3) is 0 Å². The minimum absolute atomic E-state index is 0.753. The van der Waals surface area contributed by atoms with Crippen LogP contribution in [0.3, 0.4) is 0 Å². The molecule has 0 aromatic heterocycles. The minimum Gasteiger partial charge on any atom is -0.381 e.